The lowest BCUT2D eigenvalue weighted by atomic mass is 9.44. The lowest BCUT2D eigenvalue weighted by Gasteiger charge is -2.59. The Bertz CT molecular complexity index is 2050. The number of carbonyl (C=O) groups is 4. The lowest BCUT2D eigenvalue weighted by Crippen LogP contribution is -2.67. The quantitative estimate of drug-likeness (QED) is 0.167. The number of phenols is 1. The molecule has 8 heteroatoms. The lowest BCUT2D eigenvalue weighted by molar-refractivity contribution is -0.171. The number of aryl methyl sites for hydroxylation is 1. The highest BCUT2D eigenvalue weighted by atomic mass is 16.3. The van der Waals surface area contributed by atoms with Crippen molar-refractivity contribution in [1.82, 2.24) is 0 Å². The number of hydrogen-bond donors (Lipinski definition) is 4. The van der Waals surface area contributed by atoms with E-state index in [-0.39, 0.29) is 41.4 Å². The van der Waals surface area contributed by atoms with E-state index in [0.29, 0.717) is 18.4 Å². The van der Waals surface area contributed by atoms with Crippen LogP contribution in [0.15, 0.2) is 71.2 Å². The molecule has 0 aromatic heterocycles. The van der Waals surface area contributed by atoms with Gasteiger partial charge in [-0.15, -0.1) is 0 Å². The van der Waals surface area contributed by atoms with Gasteiger partial charge >= 0.3 is 0 Å². The average molecular weight is 679 g/mol. The summed E-state index contributed by atoms with van der Waals surface area (Å²) in [5, 5.41) is 48.9. The number of ketones is 4. The SMILES string of the molecule is CCCC(=O)CCCc1ccc(-c2ccc(O)c3c2C[C@]2(C)C[C@]4(C)C(C(C)C)C(O)=C(C(C)=O)C(=O)[C@]4(O)C(O)=C2C3=O)c2ccccc12. The zero-order valence-corrected chi connectivity index (χ0v) is 29.6. The van der Waals surface area contributed by atoms with Gasteiger partial charge in [0.15, 0.2) is 17.2 Å². The fourth-order valence-corrected chi connectivity index (χ4v) is 9.68. The highest BCUT2D eigenvalue weighted by molar-refractivity contribution is 6.25. The number of hydrogen-bond acceptors (Lipinski definition) is 8. The van der Waals surface area contributed by atoms with Crippen molar-refractivity contribution in [2.24, 2.45) is 22.7 Å². The van der Waals surface area contributed by atoms with Gasteiger partial charge in [-0.1, -0.05) is 77.1 Å². The summed E-state index contributed by atoms with van der Waals surface area (Å²) in [6.45, 7) is 10.2. The molecule has 4 atom stereocenters. The van der Waals surface area contributed by atoms with Gasteiger partial charge < -0.3 is 20.4 Å². The monoisotopic (exact) mass is 678 g/mol. The molecule has 0 saturated carbocycles. The molecule has 0 heterocycles. The van der Waals surface area contributed by atoms with E-state index in [1.54, 1.807) is 13.0 Å². The van der Waals surface area contributed by atoms with Crippen molar-refractivity contribution >= 4 is 33.9 Å². The summed E-state index contributed by atoms with van der Waals surface area (Å²) in [4.78, 5) is 53.4. The van der Waals surface area contributed by atoms with E-state index in [0.717, 1.165) is 53.6 Å². The molecule has 0 fully saturated rings. The van der Waals surface area contributed by atoms with Crippen LogP contribution in [0.1, 0.15) is 95.1 Å². The summed E-state index contributed by atoms with van der Waals surface area (Å²) in [7, 11) is 0. The summed E-state index contributed by atoms with van der Waals surface area (Å²) in [5.41, 5.74) is -2.75. The van der Waals surface area contributed by atoms with Crippen molar-refractivity contribution in [1.29, 1.82) is 0 Å². The van der Waals surface area contributed by atoms with Gasteiger partial charge in [0.25, 0.3) is 0 Å². The molecule has 6 rings (SSSR count). The predicted molar refractivity (Wildman–Crippen MR) is 191 cm³/mol. The minimum Gasteiger partial charge on any atom is -0.511 e. The molecule has 1 unspecified atom stereocenters. The number of benzene rings is 3. The van der Waals surface area contributed by atoms with E-state index < -0.39 is 56.8 Å². The molecule has 0 amide bonds. The molecule has 4 N–H and O–H groups in total. The molecule has 3 aliphatic carbocycles. The molecule has 0 spiro atoms. The van der Waals surface area contributed by atoms with Gasteiger partial charge in [0, 0.05) is 35.2 Å². The maximum Gasteiger partial charge on any atom is 0.209 e. The number of allylic oxidation sites excluding steroid dienone is 2. The number of aliphatic hydroxyl groups is 3. The van der Waals surface area contributed by atoms with Crippen LogP contribution in [0.25, 0.3) is 21.9 Å². The number of aliphatic hydroxyl groups excluding tert-OH is 2. The normalized spacial score (nSPS) is 26.3. The molecule has 3 aromatic rings. The van der Waals surface area contributed by atoms with Gasteiger partial charge in [-0.05, 0) is 84.0 Å². The van der Waals surface area contributed by atoms with E-state index in [2.05, 4.69) is 6.07 Å². The molecule has 3 aliphatic rings. The van der Waals surface area contributed by atoms with Crippen LogP contribution in [-0.2, 0) is 27.2 Å². The van der Waals surface area contributed by atoms with Gasteiger partial charge in [-0.25, -0.2) is 0 Å². The Kier molecular flexibility index (Phi) is 8.70. The fourth-order valence-electron chi connectivity index (χ4n) is 9.68. The zero-order valence-electron chi connectivity index (χ0n) is 29.6. The van der Waals surface area contributed by atoms with Crippen LogP contribution >= 0.6 is 0 Å². The number of aromatic hydroxyl groups is 1. The minimum atomic E-state index is -2.66. The van der Waals surface area contributed by atoms with E-state index in [1.807, 2.05) is 58.0 Å². The number of phenolic OH excluding ortho intramolecular Hbond substituents is 1. The third-order valence-electron chi connectivity index (χ3n) is 11.6. The zero-order chi connectivity index (χ0) is 36.5. The van der Waals surface area contributed by atoms with Crippen molar-refractivity contribution < 1.29 is 39.6 Å². The Balaban J connectivity index is 1.52. The van der Waals surface area contributed by atoms with Crippen LogP contribution in [0.2, 0.25) is 0 Å². The Morgan fingerprint density at radius 1 is 0.920 bits per heavy atom. The molecule has 8 nitrogen and oxygen atoms in total. The summed E-state index contributed by atoms with van der Waals surface area (Å²) in [5.74, 6) is -5.08. The molecular formula is C42H46O8. The molecule has 50 heavy (non-hydrogen) atoms. The third kappa shape index (κ3) is 4.97. The second kappa shape index (κ2) is 12.3. The smallest absolute Gasteiger partial charge is 0.209 e. The Hall–Kier alpha value is -4.56. The van der Waals surface area contributed by atoms with Gasteiger partial charge in [-0.2, -0.15) is 0 Å². The van der Waals surface area contributed by atoms with Crippen LogP contribution in [-0.4, -0.2) is 49.2 Å². The van der Waals surface area contributed by atoms with Gasteiger partial charge in [0.05, 0.1) is 5.56 Å². The molecule has 0 saturated heterocycles. The van der Waals surface area contributed by atoms with Crippen molar-refractivity contribution in [3.63, 3.8) is 0 Å². The topological polar surface area (TPSA) is 149 Å². The maximum atomic E-state index is 14.6. The molecule has 3 aromatic carbocycles. The molecular weight excluding hydrogens is 632 g/mol. The Morgan fingerprint density at radius 2 is 1.58 bits per heavy atom. The summed E-state index contributed by atoms with van der Waals surface area (Å²) in [6, 6.07) is 15.3. The first-order valence-corrected chi connectivity index (χ1v) is 17.6. The van der Waals surface area contributed by atoms with Gasteiger partial charge in [0.2, 0.25) is 5.78 Å². The average Bonchev–Trinajstić information content (AvgIpc) is 3.03. The molecule has 0 radical (unpaired) electrons. The summed E-state index contributed by atoms with van der Waals surface area (Å²) < 4.78 is 0. The Morgan fingerprint density at radius 3 is 2.22 bits per heavy atom. The maximum absolute atomic E-state index is 14.6. The van der Waals surface area contributed by atoms with E-state index in [4.69, 9.17) is 0 Å². The first-order chi connectivity index (χ1) is 23.5. The van der Waals surface area contributed by atoms with E-state index in [9.17, 15) is 39.6 Å². The van der Waals surface area contributed by atoms with Crippen LogP contribution in [0.4, 0.5) is 0 Å². The second-order valence-electron chi connectivity index (χ2n) is 15.4. The number of rotatable bonds is 9. The second-order valence-corrected chi connectivity index (χ2v) is 15.4. The first-order valence-electron chi connectivity index (χ1n) is 17.6. The van der Waals surface area contributed by atoms with Gasteiger partial charge in [-0.3, -0.25) is 19.2 Å². The fraction of sp³-hybridized carbons (Fsp3) is 0.429. The molecule has 0 bridgehead atoms. The van der Waals surface area contributed by atoms with Crippen molar-refractivity contribution in [2.45, 2.75) is 92.1 Å². The van der Waals surface area contributed by atoms with Crippen LogP contribution in [0, 0.1) is 22.7 Å². The Labute approximate surface area is 292 Å². The predicted octanol–water partition coefficient (Wildman–Crippen LogP) is 7.86. The largest absolute Gasteiger partial charge is 0.511 e. The first kappa shape index (κ1) is 35.3. The van der Waals surface area contributed by atoms with Crippen molar-refractivity contribution in [2.75, 3.05) is 0 Å². The summed E-state index contributed by atoms with van der Waals surface area (Å²) in [6.07, 6.45) is 3.63. The van der Waals surface area contributed by atoms with Crippen LogP contribution < -0.4 is 0 Å². The molecule has 262 valence electrons. The van der Waals surface area contributed by atoms with Crippen molar-refractivity contribution in [3.8, 4) is 16.9 Å². The van der Waals surface area contributed by atoms with Crippen molar-refractivity contribution in [3.05, 3.63) is 87.9 Å². The number of fused-ring (bicyclic) bond motifs is 4. The number of Topliss-reactive ketones (excluding diaryl/α,β-unsaturated/α-hetero) is 4. The highest BCUT2D eigenvalue weighted by Crippen LogP contribution is 2.65. The standard InChI is InChI=1S/C42H46O8/c1-7-11-25(44)13-10-12-24-16-17-28(27-15-9-8-14-26(24)27)29-18-19-31(45)33-30(29)20-40(5)21-41(6)34(22(2)3)36(46)32(23(4)43)38(48)42(41,50)39(49)35(40)37(33)47/h8-9,14-19,22,34,45-46,49-50H,7,10-13,20-21H2,1-6H3/t34?,40-,41-,42+/m1/s1. The van der Waals surface area contributed by atoms with Crippen LogP contribution in [0.3, 0.4) is 0 Å². The summed E-state index contributed by atoms with van der Waals surface area (Å²) >= 11 is 0. The van der Waals surface area contributed by atoms with E-state index in [1.165, 1.54) is 6.07 Å². The van der Waals surface area contributed by atoms with Gasteiger partial charge in [0.1, 0.15) is 28.6 Å². The van der Waals surface area contributed by atoms with E-state index >= 15 is 0 Å². The highest BCUT2D eigenvalue weighted by Gasteiger charge is 2.71. The van der Waals surface area contributed by atoms with Crippen LogP contribution in [0.5, 0.6) is 5.75 Å². The molecule has 0 aliphatic heterocycles. The number of carbonyl (C=O) groups excluding carboxylic acids is 4. The third-order valence-corrected chi connectivity index (χ3v) is 11.6. The minimum absolute atomic E-state index is 0.00910.